The second-order valence-electron chi connectivity index (χ2n) is 2.73. The van der Waals surface area contributed by atoms with E-state index in [1.807, 2.05) is 5.32 Å². The number of amides is 1. The number of carbonyl (C=O) groups is 1. The van der Waals surface area contributed by atoms with Crippen molar-refractivity contribution in [1.29, 1.82) is 0 Å². The van der Waals surface area contributed by atoms with Gasteiger partial charge in [-0.2, -0.15) is 0 Å². The highest BCUT2D eigenvalue weighted by molar-refractivity contribution is 9.10. The zero-order chi connectivity index (χ0) is 11.4. The van der Waals surface area contributed by atoms with Crippen molar-refractivity contribution in [3.8, 4) is 0 Å². The Kier molecular flexibility index (Phi) is 4.14. The molecule has 2 nitrogen and oxygen atoms in total. The molecule has 1 rings (SSSR count). The first-order valence-electron chi connectivity index (χ1n) is 4.02. The number of halogens is 4. The van der Waals surface area contributed by atoms with Gasteiger partial charge in [-0.25, -0.2) is 13.2 Å². The topological polar surface area (TPSA) is 29.1 Å². The van der Waals surface area contributed by atoms with Crippen LogP contribution in [0.25, 0.3) is 0 Å². The third kappa shape index (κ3) is 3.54. The average Bonchev–Trinajstić information content (AvgIpc) is 2.14. The lowest BCUT2D eigenvalue weighted by atomic mass is 10.2. The van der Waals surface area contributed by atoms with Gasteiger partial charge in [-0.3, -0.25) is 4.79 Å². The lowest BCUT2D eigenvalue weighted by Gasteiger charge is -2.05. The SMILES string of the molecule is O=C(NCC(F)F)c1ccc(F)cc1Br. The molecule has 1 aromatic carbocycles. The summed E-state index contributed by atoms with van der Waals surface area (Å²) >= 11 is 2.97. The fourth-order valence-electron chi connectivity index (χ4n) is 0.939. The van der Waals surface area contributed by atoms with Crippen LogP contribution in [0, 0.1) is 5.82 Å². The number of benzene rings is 1. The largest absolute Gasteiger partial charge is 0.346 e. The molecule has 0 aliphatic rings. The van der Waals surface area contributed by atoms with E-state index in [1.54, 1.807) is 0 Å². The fraction of sp³-hybridized carbons (Fsp3) is 0.222. The molecule has 6 heteroatoms. The van der Waals surface area contributed by atoms with Gasteiger partial charge in [0.05, 0.1) is 12.1 Å². The second-order valence-corrected chi connectivity index (χ2v) is 3.58. The monoisotopic (exact) mass is 281 g/mol. The Labute approximate surface area is 92.6 Å². The third-order valence-electron chi connectivity index (χ3n) is 1.59. The van der Waals surface area contributed by atoms with Crippen LogP contribution in [0.5, 0.6) is 0 Å². The van der Waals surface area contributed by atoms with Gasteiger partial charge in [0.25, 0.3) is 12.3 Å². The Morgan fingerprint density at radius 2 is 2.13 bits per heavy atom. The van der Waals surface area contributed by atoms with Gasteiger partial charge in [-0.05, 0) is 34.1 Å². The smallest absolute Gasteiger partial charge is 0.255 e. The van der Waals surface area contributed by atoms with Crippen LogP contribution in [-0.4, -0.2) is 18.9 Å². The Hall–Kier alpha value is -1.04. The maximum absolute atomic E-state index is 12.6. The molecule has 0 saturated carbocycles. The van der Waals surface area contributed by atoms with Gasteiger partial charge in [0, 0.05) is 4.47 Å². The third-order valence-corrected chi connectivity index (χ3v) is 2.25. The predicted molar refractivity (Wildman–Crippen MR) is 52.4 cm³/mol. The first kappa shape index (κ1) is 12.0. The van der Waals surface area contributed by atoms with Crippen LogP contribution in [-0.2, 0) is 0 Å². The molecule has 0 fully saturated rings. The molecule has 82 valence electrons. The summed E-state index contributed by atoms with van der Waals surface area (Å²) in [5.41, 5.74) is 0.122. The van der Waals surface area contributed by atoms with Crippen LogP contribution >= 0.6 is 15.9 Å². The molecule has 0 radical (unpaired) electrons. The zero-order valence-electron chi connectivity index (χ0n) is 7.44. The normalized spacial score (nSPS) is 10.5. The molecule has 0 bridgehead atoms. The van der Waals surface area contributed by atoms with Crippen LogP contribution in [0.4, 0.5) is 13.2 Å². The van der Waals surface area contributed by atoms with Gasteiger partial charge >= 0.3 is 0 Å². The van der Waals surface area contributed by atoms with Crippen molar-refractivity contribution < 1.29 is 18.0 Å². The lowest BCUT2D eigenvalue weighted by molar-refractivity contribution is 0.0891. The van der Waals surface area contributed by atoms with Crippen molar-refractivity contribution in [2.24, 2.45) is 0 Å². The predicted octanol–water partition coefficient (Wildman–Crippen LogP) is 2.58. The maximum Gasteiger partial charge on any atom is 0.255 e. The van der Waals surface area contributed by atoms with E-state index < -0.39 is 24.7 Å². The Morgan fingerprint density at radius 1 is 1.47 bits per heavy atom. The fourth-order valence-corrected chi connectivity index (χ4v) is 1.47. The van der Waals surface area contributed by atoms with Gasteiger partial charge in [0.15, 0.2) is 0 Å². The molecule has 0 aliphatic carbocycles. The van der Waals surface area contributed by atoms with Crippen molar-refractivity contribution in [1.82, 2.24) is 5.32 Å². The van der Waals surface area contributed by atoms with Crippen molar-refractivity contribution in [2.45, 2.75) is 6.43 Å². The van der Waals surface area contributed by atoms with Gasteiger partial charge in [-0.15, -0.1) is 0 Å². The Balaban J connectivity index is 2.74. The van der Waals surface area contributed by atoms with Crippen molar-refractivity contribution in [3.63, 3.8) is 0 Å². The van der Waals surface area contributed by atoms with E-state index in [2.05, 4.69) is 15.9 Å². The highest BCUT2D eigenvalue weighted by Crippen LogP contribution is 2.17. The molecule has 1 amide bonds. The molecule has 0 atom stereocenters. The number of alkyl halides is 2. The van der Waals surface area contributed by atoms with Crippen LogP contribution in [0.15, 0.2) is 22.7 Å². The minimum absolute atomic E-state index is 0.122. The van der Waals surface area contributed by atoms with Gasteiger partial charge in [0.2, 0.25) is 0 Å². The lowest BCUT2D eigenvalue weighted by Crippen LogP contribution is -2.28. The van der Waals surface area contributed by atoms with E-state index in [4.69, 9.17) is 0 Å². The molecule has 0 aliphatic heterocycles. The van der Waals surface area contributed by atoms with E-state index in [0.29, 0.717) is 0 Å². The van der Waals surface area contributed by atoms with Crippen molar-refractivity contribution >= 4 is 21.8 Å². The van der Waals surface area contributed by atoms with E-state index in [0.717, 1.165) is 12.1 Å². The van der Waals surface area contributed by atoms with E-state index in [1.165, 1.54) is 6.07 Å². The minimum atomic E-state index is -2.60. The summed E-state index contributed by atoms with van der Waals surface area (Å²) in [6.45, 7) is -0.720. The first-order chi connectivity index (χ1) is 7.00. The number of rotatable bonds is 3. The highest BCUT2D eigenvalue weighted by Gasteiger charge is 2.12. The van der Waals surface area contributed by atoms with Crippen LogP contribution in [0.1, 0.15) is 10.4 Å². The summed E-state index contributed by atoms with van der Waals surface area (Å²) in [5, 5.41) is 2.02. The Morgan fingerprint density at radius 3 is 2.67 bits per heavy atom. The summed E-state index contributed by atoms with van der Waals surface area (Å²) in [5.74, 6) is -1.17. The number of nitrogens with one attached hydrogen (secondary N) is 1. The molecule has 0 saturated heterocycles. The van der Waals surface area contributed by atoms with Crippen LogP contribution in [0.2, 0.25) is 0 Å². The van der Waals surface area contributed by atoms with E-state index in [9.17, 15) is 18.0 Å². The van der Waals surface area contributed by atoms with Crippen LogP contribution < -0.4 is 5.32 Å². The average molecular weight is 282 g/mol. The molecule has 0 unspecified atom stereocenters. The maximum atomic E-state index is 12.6. The molecular formula is C9H7BrF3NO. The van der Waals surface area contributed by atoms with Crippen molar-refractivity contribution in [2.75, 3.05) is 6.54 Å². The van der Waals surface area contributed by atoms with E-state index >= 15 is 0 Å². The number of hydrogen-bond acceptors (Lipinski definition) is 1. The summed E-state index contributed by atoms with van der Waals surface area (Å²) in [7, 11) is 0. The standard InChI is InChI=1S/C9H7BrF3NO/c10-7-3-5(11)1-2-6(7)9(15)14-4-8(12)13/h1-3,8H,4H2,(H,14,15). The molecule has 0 aromatic heterocycles. The molecule has 0 heterocycles. The summed E-state index contributed by atoms with van der Waals surface area (Å²) in [6, 6.07) is 3.40. The number of carbonyl (C=O) groups excluding carboxylic acids is 1. The second kappa shape index (κ2) is 5.16. The highest BCUT2D eigenvalue weighted by atomic mass is 79.9. The number of hydrogen-bond donors (Lipinski definition) is 1. The minimum Gasteiger partial charge on any atom is -0.346 e. The quantitative estimate of drug-likeness (QED) is 0.907. The molecule has 1 aromatic rings. The summed E-state index contributed by atoms with van der Waals surface area (Å²) in [4.78, 5) is 11.3. The first-order valence-corrected chi connectivity index (χ1v) is 4.81. The Bertz CT molecular complexity index is 370. The van der Waals surface area contributed by atoms with Crippen LogP contribution in [0.3, 0.4) is 0 Å². The summed E-state index contributed by atoms with van der Waals surface area (Å²) < 4.78 is 36.5. The molecular weight excluding hydrogens is 275 g/mol. The van der Waals surface area contributed by atoms with Gasteiger partial charge < -0.3 is 5.32 Å². The zero-order valence-corrected chi connectivity index (χ0v) is 9.02. The van der Waals surface area contributed by atoms with Gasteiger partial charge in [0.1, 0.15) is 5.82 Å². The van der Waals surface area contributed by atoms with Crippen molar-refractivity contribution in [3.05, 3.63) is 34.1 Å². The summed E-state index contributed by atoms with van der Waals surface area (Å²) in [6.07, 6.45) is -2.60. The molecule has 1 N–H and O–H groups in total. The van der Waals surface area contributed by atoms with E-state index in [-0.39, 0.29) is 10.0 Å². The van der Waals surface area contributed by atoms with Gasteiger partial charge in [-0.1, -0.05) is 0 Å². The molecule has 15 heavy (non-hydrogen) atoms. The molecule has 0 spiro atoms.